The molecule has 1 aliphatic carbocycles. The lowest BCUT2D eigenvalue weighted by Crippen LogP contribution is -2.32. The molecule has 0 heterocycles. The summed E-state index contributed by atoms with van der Waals surface area (Å²) in [5.41, 5.74) is 0. The Morgan fingerprint density at radius 2 is 1.50 bits per heavy atom. The van der Waals surface area contributed by atoms with Crippen LogP contribution in [0.15, 0.2) is 0 Å². The van der Waals surface area contributed by atoms with Gasteiger partial charge in [-0.2, -0.15) is 0 Å². The maximum Gasteiger partial charge on any atom is 0.223 e. The molecule has 0 saturated heterocycles. The van der Waals surface area contributed by atoms with Crippen LogP contribution in [0.2, 0.25) is 0 Å². The molecule has 1 aliphatic rings. The highest BCUT2D eigenvalue weighted by atomic mass is 16.2. The van der Waals surface area contributed by atoms with E-state index in [1.807, 2.05) is 0 Å². The van der Waals surface area contributed by atoms with E-state index in [-0.39, 0.29) is 18.4 Å². The maximum absolute atomic E-state index is 11.8. The summed E-state index contributed by atoms with van der Waals surface area (Å²) >= 11 is 0. The second-order valence-electron chi connectivity index (χ2n) is 4.66. The van der Waals surface area contributed by atoms with E-state index in [4.69, 9.17) is 0 Å². The average molecular weight is 225 g/mol. The zero-order chi connectivity index (χ0) is 11.6. The minimum atomic E-state index is 0.0765. The zero-order valence-corrected chi connectivity index (χ0v) is 10.0. The molecular formula is C13H23NO2. The fraction of sp³-hybridized carbons (Fsp3) is 0.846. The Balaban J connectivity index is 2.34. The molecule has 1 saturated carbocycles. The van der Waals surface area contributed by atoms with Crippen molar-refractivity contribution in [3.05, 3.63) is 0 Å². The van der Waals surface area contributed by atoms with Crippen molar-refractivity contribution in [3.8, 4) is 0 Å². The van der Waals surface area contributed by atoms with E-state index in [1.165, 1.54) is 32.1 Å². The van der Waals surface area contributed by atoms with Gasteiger partial charge in [-0.3, -0.25) is 4.79 Å². The molecule has 1 fully saturated rings. The van der Waals surface area contributed by atoms with Gasteiger partial charge in [-0.05, 0) is 12.8 Å². The second-order valence-corrected chi connectivity index (χ2v) is 4.66. The molecule has 0 atom stereocenters. The minimum absolute atomic E-state index is 0.0765. The molecule has 92 valence electrons. The van der Waals surface area contributed by atoms with Crippen LogP contribution in [-0.4, -0.2) is 18.7 Å². The maximum atomic E-state index is 11.8. The van der Waals surface area contributed by atoms with E-state index in [2.05, 4.69) is 5.32 Å². The van der Waals surface area contributed by atoms with Crippen molar-refractivity contribution >= 4 is 12.2 Å². The largest absolute Gasteiger partial charge is 0.349 e. The molecule has 1 amide bonds. The first-order valence-electron chi connectivity index (χ1n) is 6.56. The summed E-state index contributed by atoms with van der Waals surface area (Å²) in [6, 6.07) is 0. The van der Waals surface area contributed by atoms with Crippen LogP contribution in [0.4, 0.5) is 0 Å². The molecular weight excluding hydrogens is 202 g/mol. The van der Waals surface area contributed by atoms with Crippen molar-refractivity contribution in [2.75, 3.05) is 6.54 Å². The smallest absolute Gasteiger partial charge is 0.223 e. The molecule has 3 nitrogen and oxygen atoms in total. The number of carbonyl (C=O) groups is 2. The quantitative estimate of drug-likeness (QED) is 0.750. The van der Waals surface area contributed by atoms with Crippen LogP contribution in [0.3, 0.4) is 0 Å². The fourth-order valence-electron chi connectivity index (χ4n) is 2.36. The summed E-state index contributed by atoms with van der Waals surface area (Å²) < 4.78 is 0. The number of hydrogen-bond acceptors (Lipinski definition) is 2. The number of aldehydes is 1. The molecule has 1 rings (SSSR count). The molecule has 0 bridgehead atoms. The van der Waals surface area contributed by atoms with Crippen molar-refractivity contribution < 1.29 is 9.59 Å². The third-order valence-electron chi connectivity index (χ3n) is 3.34. The lowest BCUT2D eigenvalue weighted by molar-refractivity contribution is -0.126. The van der Waals surface area contributed by atoms with E-state index in [1.54, 1.807) is 0 Å². The first kappa shape index (κ1) is 13.2. The van der Waals surface area contributed by atoms with Gasteiger partial charge in [-0.25, -0.2) is 0 Å². The van der Waals surface area contributed by atoms with Crippen LogP contribution >= 0.6 is 0 Å². The van der Waals surface area contributed by atoms with Gasteiger partial charge < -0.3 is 10.1 Å². The normalized spacial score (nSPS) is 20.0. The number of hydrogen-bond donors (Lipinski definition) is 1. The lowest BCUT2D eigenvalue weighted by atomic mass is 9.91. The van der Waals surface area contributed by atoms with Gasteiger partial charge in [-0.1, -0.05) is 44.9 Å². The lowest BCUT2D eigenvalue weighted by Gasteiger charge is -2.17. The summed E-state index contributed by atoms with van der Waals surface area (Å²) in [5.74, 6) is 0.214. The Morgan fingerprint density at radius 1 is 1.00 bits per heavy atom. The molecule has 0 radical (unpaired) electrons. The molecule has 0 spiro atoms. The first-order valence-corrected chi connectivity index (χ1v) is 6.56. The summed E-state index contributed by atoms with van der Waals surface area (Å²) in [7, 11) is 0. The van der Waals surface area contributed by atoms with E-state index in [9.17, 15) is 9.59 Å². The van der Waals surface area contributed by atoms with Crippen LogP contribution in [0.1, 0.15) is 57.8 Å². The Morgan fingerprint density at radius 3 is 2.00 bits per heavy atom. The summed E-state index contributed by atoms with van der Waals surface area (Å²) in [6.45, 7) is 0.162. The molecule has 0 aliphatic heterocycles. The fourth-order valence-corrected chi connectivity index (χ4v) is 2.36. The van der Waals surface area contributed by atoms with Gasteiger partial charge in [0, 0.05) is 5.92 Å². The minimum Gasteiger partial charge on any atom is -0.349 e. The van der Waals surface area contributed by atoms with Gasteiger partial charge >= 0.3 is 0 Å². The standard InChI is InChI=1S/C13H23NO2/c15-11-10-14-13(16)12-8-6-4-2-1-3-5-7-9-12/h11-12H,1-10H2,(H,14,16). The predicted octanol–water partition coefficient (Wildman–Crippen LogP) is 2.44. The predicted molar refractivity (Wildman–Crippen MR) is 64.1 cm³/mol. The Hall–Kier alpha value is -0.860. The summed E-state index contributed by atoms with van der Waals surface area (Å²) in [6.07, 6.45) is 11.5. The van der Waals surface area contributed by atoms with Gasteiger partial charge in [0.05, 0.1) is 6.54 Å². The number of nitrogens with one attached hydrogen (secondary N) is 1. The van der Waals surface area contributed by atoms with Crippen LogP contribution in [0.5, 0.6) is 0 Å². The third kappa shape index (κ3) is 5.29. The van der Waals surface area contributed by atoms with Crippen molar-refractivity contribution in [2.24, 2.45) is 5.92 Å². The summed E-state index contributed by atoms with van der Waals surface area (Å²) in [4.78, 5) is 22.0. The topological polar surface area (TPSA) is 46.2 Å². The molecule has 0 aromatic carbocycles. The first-order chi connectivity index (χ1) is 7.84. The molecule has 0 aromatic rings. The van der Waals surface area contributed by atoms with Crippen molar-refractivity contribution in [1.29, 1.82) is 0 Å². The van der Waals surface area contributed by atoms with Gasteiger partial charge in [0.1, 0.15) is 6.29 Å². The molecule has 16 heavy (non-hydrogen) atoms. The van der Waals surface area contributed by atoms with Gasteiger partial charge in [0.2, 0.25) is 5.91 Å². The molecule has 0 aromatic heterocycles. The highest BCUT2D eigenvalue weighted by molar-refractivity contribution is 5.80. The Kier molecular flexibility index (Phi) is 6.86. The van der Waals surface area contributed by atoms with E-state index < -0.39 is 0 Å². The number of amides is 1. The molecule has 0 unspecified atom stereocenters. The average Bonchev–Trinajstić information content (AvgIpc) is 2.32. The van der Waals surface area contributed by atoms with Crippen LogP contribution in [-0.2, 0) is 9.59 Å². The van der Waals surface area contributed by atoms with Gasteiger partial charge in [0.15, 0.2) is 0 Å². The van der Waals surface area contributed by atoms with Crippen LogP contribution in [0, 0.1) is 5.92 Å². The van der Waals surface area contributed by atoms with E-state index in [0.717, 1.165) is 32.0 Å². The Bertz CT molecular complexity index is 206. The number of carbonyl (C=O) groups excluding carboxylic acids is 2. The highest BCUT2D eigenvalue weighted by Crippen LogP contribution is 2.21. The van der Waals surface area contributed by atoms with Crippen molar-refractivity contribution in [1.82, 2.24) is 5.32 Å². The van der Waals surface area contributed by atoms with Crippen molar-refractivity contribution in [2.45, 2.75) is 57.8 Å². The van der Waals surface area contributed by atoms with E-state index in [0.29, 0.717) is 0 Å². The third-order valence-corrected chi connectivity index (χ3v) is 3.34. The summed E-state index contributed by atoms with van der Waals surface area (Å²) in [5, 5.41) is 2.68. The highest BCUT2D eigenvalue weighted by Gasteiger charge is 2.17. The molecule has 1 N–H and O–H groups in total. The van der Waals surface area contributed by atoms with Crippen LogP contribution < -0.4 is 5.32 Å². The zero-order valence-electron chi connectivity index (χ0n) is 10.0. The van der Waals surface area contributed by atoms with E-state index >= 15 is 0 Å². The van der Waals surface area contributed by atoms with Crippen LogP contribution in [0.25, 0.3) is 0 Å². The molecule has 3 heteroatoms. The SMILES string of the molecule is O=CCNC(=O)C1CCCCCCCCC1. The van der Waals surface area contributed by atoms with Gasteiger partial charge in [0.25, 0.3) is 0 Å². The Labute approximate surface area is 98.0 Å². The second kappa shape index (κ2) is 8.31. The van der Waals surface area contributed by atoms with Gasteiger partial charge in [-0.15, -0.1) is 0 Å². The van der Waals surface area contributed by atoms with Crippen molar-refractivity contribution in [3.63, 3.8) is 0 Å². The number of rotatable bonds is 3. The monoisotopic (exact) mass is 225 g/mol.